The number of benzene rings is 2. The monoisotopic (exact) mass is 322 g/mol. The third-order valence-electron chi connectivity index (χ3n) is 4.17. The maximum absolute atomic E-state index is 10.9. The summed E-state index contributed by atoms with van der Waals surface area (Å²) in [5.41, 5.74) is 2.59. The summed E-state index contributed by atoms with van der Waals surface area (Å²) >= 11 is 0. The predicted octanol–water partition coefficient (Wildman–Crippen LogP) is 3.75. The van der Waals surface area contributed by atoms with E-state index < -0.39 is 6.09 Å². The van der Waals surface area contributed by atoms with Gasteiger partial charge in [0.25, 0.3) is 0 Å². The van der Waals surface area contributed by atoms with Gasteiger partial charge in [-0.3, -0.25) is 0 Å². The topological polar surface area (TPSA) is 73.6 Å². The summed E-state index contributed by atoms with van der Waals surface area (Å²) in [7, 11) is 0. The standard InChI is InChI=1S/C19H18N2O3/c20-13-14-3-1-4-15(11-14)16-5-2-6-18(12-16)24-17-7-9-21(10-8-17)19(22)23/h1-6,11-12,17H,7-10H2,(H,22,23). The minimum atomic E-state index is -0.868. The van der Waals surface area contributed by atoms with Crippen LogP contribution in [0.4, 0.5) is 4.79 Å². The van der Waals surface area contributed by atoms with Crippen molar-refractivity contribution in [2.75, 3.05) is 13.1 Å². The predicted molar refractivity (Wildman–Crippen MR) is 89.8 cm³/mol. The summed E-state index contributed by atoms with van der Waals surface area (Å²) < 4.78 is 6.02. The number of likely N-dealkylation sites (tertiary alicyclic amines) is 1. The van der Waals surface area contributed by atoms with Gasteiger partial charge in [-0.1, -0.05) is 24.3 Å². The molecule has 1 aliphatic rings. The summed E-state index contributed by atoms with van der Waals surface area (Å²) in [6.45, 7) is 1.01. The fraction of sp³-hybridized carbons (Fsp3) is 0.263. The van der Waals surface area contributed by atoms with Crippen LogP contribution in [-0.4, -0.2) is 35.3 Å². The van der Waals surface area contributed by atoms with Crippen LogP contribution in [-0.2, 0) is 0 Å². The average molecular weight is 322 g/mol. The average Bonchev–Trinajstić information content (AvgIpc) is 2.62. The summed E-state index contributed by atoms with van der Waals surface area (Å²) in [5.74, 6) is 0.767. The van der Waals surface area contributed by atoms with Crippen LogP contribution in [0, 0.1) is 11.3 Å². The Morgan fingerprint density at radius 2 is 1.79 bits per heavy atom. The number of hydrogen-bond donors (Lipinski definition) is 1. The Kier molecular flexibility index (Phi) is 4.66. The first-order chi connectivity index (χ1) is 11.7. The largest absolute Gasteiger partial charge is 0.490 e. The highest BCUT2D eigenvalue weighted by molar-refractivity contribution is 5.66. The first kappa shape index (κ1) is 15.9. The molecule has 1 fully saturated rings. The number of amides is 1. The van der Waals surface area contributed by atoms with Gasteiger partial charge in [-0.2, -0.15) is 5.26 Å². The molecule has 3 rings (SSSR count). The Labute approximate surface area is 140 Å². The van der Waals surface area contributed by atoms with E-state index in [2.05, 4.69) is 6.07 Å². The summed E-state index contributed by atoms with van der Waals surface area (Å²) in [6, 6.07) is 17.4. The quantitative estimate of drug-likeness (QED) is 0.934. The smallest absolute Gasteiger partial charge is 0.407 e. The molecule has 122 valence electrons. The molecule has 1 amide bonds. The summed E-state index contributed by atoms with van der Waals surface area (Å²) in [6.07, 6.45) is 0.551. The van der Waals surface area contributed by atoms with Crippen molar-refractivity contribution in [2.24, 2.45) is 0 Å². The molecule has 0 aliphatic carbocycles. The van der Waals surface area contributed by atoms with Gasteiger partial charge in [-0.25, -0.2) is 4.79 Å². The first-order valence-electron chi connectivity index (χ1n) is 7.91. The summed E-state index contributed by atoms with van der Waals surface area (Å²) in [4.78, 5) is 12.4. The Morgan fingerprint density at radius 1 is 1.12 bits per heavy atom. The molecule has 1 saturated heterocycles. The molecule has 0 spiro atoms. The number of carbonyl (C=O) groups is 1. The van der Waals surface area contributed by atoms with E-state index in [0.717, 1.165) is 16.9 Å². The molecule has 2 aromatic rings. The van der Waals surface area contributed by atoms with Crippen LogP contribution in [0.1, 0.15) is 18.4 Å². The van der Waals surface area contributed by atoms with Crippen molar-refractivity contribution in [2.45, 2.75) is 18.9 Å². The lowest BCUT2D eigenvalue weighted by molar-refractivity contribution is 0.0895. The lowest BCUT2D eigenvalue weighted by Gasteiger charge is -2.30. The Morgan fingerprint density at radius 3 is 2.46 bits per heavy atom. The molecular formula is C19H18N2O3. The maximum atomic E-state index is 10.9. The van der Waals surface area contributed by atoms with Crippen molar-refractivity contribution in [3.63, 3.8) is 0 Å². The van der Waals surface area contributed by atoms with Crippen molar-refractivity contribution in [1.29, 1.82) is 5.26 Å². The van der Waals surface area contributed by atoms with Crippen LogP contribution < -0.4 is 4.74 Å². The van der Waals surface area contributed by atoms with E-state index in [4.69, 9.17) is 15.1 Å². The van der Waals surface area contributed by atoms with Crippen LogP contribution in [0.5, 0.6) is 5.75 Å². The second-order valence-corrected chi connectivity index (χ2v) is 5.81. The number of carboxylic acid groups (broad SMARTS) is 1. The van der Waals surface area contributed by atoms with E-state index in [1.165, 1.54) is 4.90 Å². The maximum Gasteiger partial charge on any atom is 0.407 e. The zero-order valence-corrected chi connectivity index (χ0v) is 13.2. The van der Waals surface area contributed by atoms with Crippen LogP contribution in [0.3, 0.4) is 0 Å². The number of nitrogens with zero attached hydrogens (tertiary/aromatic N) is 2. The van der Waals surface area contributed by atoms with Crippen molar-refractivity contribution in [1.82, 2.24) is 4.90 Å². The van der Waals surface area contributed by atoms with E-state index in [0.29, 0.717) is 31.5 Å². The number of piperidine rings is 1. The molecule has 5 heteroatoms. The molecular weight excluding hydrogens is 304 g/mol. The highest BCUT2D eigenvalue weighted by Crippen LogP contribution is 2.26. The van der Waals surface area contributed by atoms with Crippen LogP contribution in [0.2, 0.25) is 0 Å². The Bertz CT molecular complexity index is 774. The third kappa shape index (κ3) is 3.66. The second kappa shape index (κ2) is 7.05. The van der Waals surface area contributed by atoms with Crippen molar-refractivity contribution in [3.8, 4) is 22.9 Å². The molecule has 2 aromatic carbocycles. The van der Waals surface area contributed by atoms with Gasteiger partial charge in [0.05, 0.1) is 11.6 Å². The fourth-order valence-electron chi connectivity index (χ4n) is 2.87. The van der Waals surface area contributed by atoms with E-state index in [-0.39, 0.29) is 6.10 Å². The van der Waals surface area contributed by atoms with Crippen LogP contribution in [0.25, 0.3) is 11.1 Å². The highest BCUT2D eigenvalue weighted by atomic mass is 16.5. The van der Waals surface area contributed by atoms with Crippen molar-refractivity contribution in [3.05, 3.63) is 54.1 Å². The molecule has 1 aliphatic heterocycles. The molecule has 0 unspecified atom stereocenters. The molecule has 0 radical (unpaired) electrons. The van der Waals surface area contributed by atoms with Crippen molar-refractivity contribution < 1.29 is 14.6 Å². The summed E-state index contributed by atoms with van der Waals surface area (Å²) in [5, 5.41) is 18.0. The highest BCUT2D eigenvalue weighted by Gasteiger charge is 2.23. The molecule has 5 nitrogen and oxygen atoms in total. The van der Waals surface area contributed by atoms with Gasteiger partial charge in [-0.15, -0.1) is 0 Å². The zero-order valence-electron chi connectivity index (χ0n) is 13.2. The van der Waals surface area contributed by atoms with E-state index in [1.54, 1.807) is 6.07 Å². The molecule has 0 aromatic heterocycles. The minimum Gasteiger partial charge on any atom is -0.490 e. The van der Waals surface area contributed by atoms with Gasteiger partial charge in [0.1, 0.15) is 11.9 Å². The lowest BCUT2D eigenvalue weighted by atomic mass is 10.0. The van der Waals surface area contributed by atoms with Gasteiger partial charge in [0.15, 0.2) is 0 Å². The molecule has 0 saturated carbocycles. The van der Waals surface area contributed by atoms with Crippen LogP contribution in [0.15, 0.2) is 48.5 Å². The van der Waals surface area contributed by atoms with Gasteiger partial charge < -0.3 is 14.7 Å². The molecule has 0 atom stereocenters. The number of ether oxygens (including phenoxy) is 1. The minimum absolute atomic E-state index is 0.0290. The third-order valence-corrected chi connectivity index (χ3v) is 4.17. The number of hydrogen-bond acceptors (Lipinski definition) is 3. The van der Waals surface area contributed by atoms with Gasteiger partial charge in [0, 0.05) is 25.9 Å². The van der Waals surface area contributed by atoms with Crippen molar-refractivity contribution >= 4 is 6.09 Å². The Balaban J connectivity index is 1.70. The number of nitriles is 1. The zero-order chi connectivity index (χ0) is 16.9. The van der Waals surface area contributed by atoms with Gasteiger partial charge in [-0.05, 0) is 35.4 Å². The molecule has 1 heterocycles. The van der Waals surface area contributed by atoms with E-state index in [1.807, 2.05) is 42.5 Å². The van der Waals surface area contributed by atoms with Gasteiger partial charge >= 0.3 is 6.09 Å². The molecule has 1 N–H and O–H groups in total. The fourth-order valence-corrected chi connectivity index (χ4v) is 2.87. The second-order valence-electron chi connectivity index (χ2n) is 5.81. The first-order valence-corrected chi connectivity index (χ1v) is 7.91. The number of rotatable bonds is 3. The van der Waals surface area contributed by atoms with Gasteiger partial charge in [0.2, 0.25) is 0 Å². The van der Waals surface area contributed by atoms with E-state index >= 15 is 0 Å². The SMILES string of the molecule is N#Cc1cccc(-c2cccc(OC3CCN(C(=O)O)CC3)c2)c1. The van der Waals surface area contributed by atoms with Crippen LogP contribution >= 0.6 is 0 Å². The Hall–Kier alpha value is -3.00. The lowest BCUT2D eigenvalue weighted by Crippen LogP contribution is -2.41. The van der Waals surface area contributed by atoms with E-state index in [9.17, 15) is 4.79 Å². The molecule has 0 bridgehead atoms. The normalized spacial score (nSPS) is 14.9. The molecule has 24 heavy (non-hydrogen) atoms.